The molecule has 0 saturated carbocycles. The van der Waals surface area contributed by atoms with Gasteiger partial charge in [-0.15, -0.1) is 0 Å². The van der Waals surface area contributed by atoms with Gasteiger partial charge in [0.25, 0.3) is 0 Å². The average molecular weight is 146 g/mol. The van der Waals surface area contributed by atoms with Crippen molar-refractivity contribution in [2.24, 2.45) is 0 Å². The minimum Gasteiger partial charge on any atom is -0.509 e. The van der Waals surface area contributed by atoms with E-state index in [4.69, 9.17) is 0 Å². The zero-order chi connectivity index (χ0) is 8.27. The van der Waals surface area contributed by atoms with Crippen LogP contribution in [0.5, 0.6) is 5.75 Å². The normalized spacial score (nSPS) is 9.18. The molecule has 0 fully saturated rings. The standard InChI is InChI=1S/C9H11BO/c1-3-7-4-5-8(10-2)9(11)6-7/h3-6,10-11H,1H2,2H3. The predicted molar refractivity (Wildman–Crippen MR) is 50.8 cm³/mol. The van der Waals surface area contributed by atoms with Gasteiger partial charge in [0.15, 0.2) is 7.28 Å². The molecule has 0 atom stereocenters. The van der Waals surface area contributed by atoms with Crippen LogP contribution in [0.25, 0.3) is 6.08 Å². The van der Waals surface area contributed by atoms with E-state index in [2.05, 4.69) is 6.58 Å². The average Bonchev–Trinajstić information content (AvgIpc) is 2.04. The molecular weight excluding hydrogens is 135 g/mol. The van der Waals surface area contributed by atoms with Gasteiger partial charge in [0.05, 0.1) is 0 Å². The Labute approximate surface area is 67.6 Å². The number of hydrogen-bond acceptors (Lipinski definition) is 1. The highest BCUT2D eigenvalue weighted by Crippen LogP contribution is 2.09. The Bertz CT molecular complexity index is 268. The molecule has 56 valence electrons. The molecule has 0 radical (unpaired) electrons. The summed E-state index contributed by atoms with van der Waals surface area (Å²) in [5.41, 5.74) is 1.94. The van der Waals surface area contributed by atoms with Gasteiger partial charge in [-0.05, 0) is 17.1 Å². The van der Waals surface area contributed by atoms with E-state index < -0.39 is 0 Å². The van der Waals surface area contributed by atoms with Crippen LogP contribution in [0.2, 0.25) is 6.82 Å². The van der Waals surface area contributed by atoms with Crippen molar-refractivity contribution in [3.8, 4) is 5.75 Å². The summed E-state index contributed by atoms with van der Waals surface area (Å²) in [6.07, 6.45) is 1.72. The zero-order valence-electron chi connectivity index (χ0n) is 6.67. The lowest BCUT2D eigenvalue weighted by Crippen LogP contribution is -2.10. The first-order chi connectivity index (χ1) is 5.27. The molecule has 0 aliphatic rings. The monoisotopic (exact) mass is 146 g/mol. The van der Waals surface area contributed by atoms with Gasteiger partial charge in [-0.1, -0.05) is 31.6 Å². The lowest BCUT2D eigenvalue weighted by Gasteiger charge is -2.00. The molecule has 0 amide bonds. The van der Waals surface area contributed by atoms with Crippen LogP contribution < -0.4 is 5.46 Å². The van der Waals surface area contributed by atoms with Crippen LogP contribution in [0, 0.1) is 0 Å². The molecule has 0 aromatic heterocycles. The summed E-state index contributed by atoms with van der Waals surface area (Å²) < 4.78 is 0. The molecular formula is C9H11BO. The quantitative estimate of drug-likeness (QED) is 0.620. The van der Waals surface area contributed by atoms with Crippen LogP contribution in [0.3, 0.4) is 0 Å². The molecule has 0 bridgehead atoms. The number of rotatable bonds is 2. The van der Waals surface area contributed by atoms with Gasteiger partial charge >= 0.3 is 0 Å². The SMILES string of the molecule is C=Cc1ccc(BC)c(O)c1. The van der Waals surface area contributed by atoms with Crippen LogP contribution >= 0.6 is 0 Å². The van der Waals surface area contributed by atoms with E-state index in [0.717, 1.165) is 18.3 Å². The van der Waals surface area contributed by atoms with Crippen molar-refractivity contribution in [2.75, 3.05) is 0 Å². The third-order valence-corrected chi connectivity index (χ3v) is 1.73. The molecule has 0 unspecified atom stereocenters. The molecule has 2 heteroatoms. The Balaban J connectivity index is 3.09. The first-order valence-electron chi connectivity index (χ1n) is 3.72. The van der Waals surface area contributed by atoms with Crippen molar-refractivity contribution in [1.82, 2.24) is 0 Å². The fourth-order valence-corrected chi connectivity index (χ4v) is 1.01. The number of benzene rings is 1. The molecule has 0 spiro atoms. The van der Waals surface area contributed by atoms with E-state index in [0.29, 0.717) is 5.75 Å². The smallest absolute Gasteiger partial charge is 0.159 e. The minimum atomic E-state index is 0.366. The molecule has 11 heavy (non-hydrogen) atoms. The maximum Gasteiger partial charge on any atom is 0.159 e. The van der Waals surface area contributed by atoms with Crippen molar-refractivity contribution in [1.29, 1.82) is 0 Å². The van der Waals surface area contributed by atoms with Gasteiger partial charge in [0.2, 0.25) is 0 Å². The number of aromatic hydroxyl groups is 1. The summed E-state index contributed by atoms with van der Waals surface area (Å²) >= 11 is 0. The summed E-state index contributed by atoms with van der Waals surface area (Å²) in [7, 11) is 0.864. The first kappa shape index (κ1) is 7.93. The molecule has 0 saturated heterocycles. The Kier molecular flexibility index (Phi) is 2.37. The number of phenols is 1. The third-order valence-electron chi connectivity index (χ3n) is 1.73. The molecule has 1 N–H and O–H groups in total. The molecule has 1 aromatic rings. The largest absolute Gasteiger partial charge is 0.509 e. The summed E-state index contributed by atoms with van der Waals surface area (Å²) in [6.45, 7) is 5.63. The van der Waals surface area contributed by atoms with Crippen LogP contribution in [0.1, 0.15) is 5.56 Å². The fourth-order valence-electron chi connectivity index (χ4n) is 1.01. The summed E-state index contributed by atoms with van der Waals surface area (Å²) in [4.78, 5) is 0. The Hall–Kier alpha value is -1.18. The summed E-state index contributed by atoms with van der Waals surface area (Å²) in [5, 5.41) is 9.37. The van der Waals surface area contributed by atoms with E-state index in [1.165, 1.54) is 0 Å². The van der Waals surface area contributed by atoms with Crippen molar-refractivity contribution in [3.63, 3.8) is 0 Å². The van der Waals surface area contributed by atoms with Gasteiger partial charge in [-0.25, -0.2) is 0 Å². The summed E-state index contributed by atoms with van der Waals surface area (Å²) in [6, 6.07) is 5.60. The first-order valence-corrected chi connectivity index (χ1v) is 3.72. The van der Waals surface area contributed by atoms with Crippen molar-refractivity contribution in [3.05, 3.63) is 30.3 Å². The highest BCUT2D eigenvalue weighted by atomic mass is 16.3. The van der Waals surface area contributed by atoms with Gasteiger partial charge in [0.1, 0.15) is 5.75 Å². The van der Waals surface area contributed by atoms with Gasteiger partial charge in [0, 0.05) is 0 Å². The molecule has 1 aromatic carbocycles. The molecule has 0 heterocycles. The number of hydrogen-bond donors (Lipinski definition) is 1. The molecule has 0 aliphatic heterocycles. The van der Waals surface area contributed by atoms with Crippen molar-refractivity contribution >= 4 is 18.8 Å². The third kappa shape index (κ3) is 1.64. The summed E-state index contributed by atoms with van der Waals surface area (Å²) in [5.74, 6) is 0.366. The van der Waals surface area contributed by atoms with Crippen LogP contribution in [-0.2, 0) is 0 Å². The van der Waals surface area contributed by atoms with Crippen molar-refractivity contribution in [2.45, 2.75) is 6.82 Å². The van der Waals surface area contributed by atoms with Crippen LogP contribution in [0.15, 0.2) is 24.8 Å². The van der Waals surface area contributed by atoms with Gasteiger partial charge in [-0.2, -0.15) is 0 Å². The second kappa shape index (κ2) is 3.29. The van der Waals surface area contributed by atoms with E-state index >= 15 is 0 Å². The Morgan fingerprint density at radius 1 is 1.55 bits per heavy atom. The van der Waals surface area contributed by atoms with E-state index in [-0.39, 0.29) is 0 Å². The fraction of sp³-hybridized carbons (Fsp3) is 0.111. The second-order valence-electron chi connectivity index (χ2n) is 2.45. The highest BCUT2D eigenvalue weighted by Gasteiger charge is 1.97. The van der Waals surface area contributed by atoms with E-state index in [1.807, 2.05) is 19.0 Å². The molecule has 0 aliphatic carbocycles. The van der Waals surface area contributed by atoms with E-state index in [1.54, 1.807) is 12.1 Å². The van der Waals surface area contributed by atoms with Crippen LogP contribution in [-0.4, -0.2) is 12.4 Å². The van der Waals surface area contributed by atoms with Crippen molar-refractivity contribution < 1.29 is 5.11 Å². The predicted octanol–water partition coefficient (Wildman–Crippen LogP) is 1.15. The molecule has 1 rings (SSSR count). The highest BCUT2D eigenvalue weighted by molar-refractivity contribution is 6.53. The Morgan fingerprint density at radius 2 is 2.27 bits per heavy atom. The van der Waals surface area contributed by atoms with Crippen LogP contribution in [0.4, 0.5) is 0 Å². The lowest BCUT2D eigenvalue weighted by molar-refractivity contribution is 0.479. The maximum atomic E-state index is 9.37. The number of phenolic OH excluding ortho intramolecular Hbond substituents is 1. The topological polar surface area (TPSA) is 20.2 Å². The van der Waals surface area contributed by atoms with Gasteiger partial charge < -0.3 is 5.11 Å². The second-order valence-corrected chi connectivity index (χ2v) is 2.45. The lowest BCUT2D eigenvalue weighted by atomic mass is 9.72. The van der Waals surface area contributed by atoms with Gasteiger partial charge in [-0.3, -0.25) is 0 Å². The zero-order valence-corrected chi connectivity index (χ0v) is 6.67. The minimum absolute atomic E-state index is 0.366. The Morgan fingerprint density at radius 3 is 2.73 bits per heavy atom. The molecule has 1 nitrogen and oxygen atoms in total. The maximum absolute atomic E-state index is 9.37. The van der Waals surface area contributed by atoms with E-state index in [9.17, 15) is 5.11 Å².